The highest BCUT2D eigenvalue weighted by Crippen LogP contribution is 2.33. The number of carbonyl (C=O) groups is 1. The molecule has 26 heavy (non-hydrogen) atoms. The molecule has 2 aliphatic rings. The van der Waals surface area contributed by atoms with Crippen LogP contribution in [0.25, 0.3) is 0 Å². The van der Waals surface area contributed by atoms with Gasteiger partial charge in [-0.25, -0.2) is 0 Å². The van der Waals surface area contributed by atoms with Crippen molar-refractivity contribution < 1.29 is 22.5 Å². The fourth-order valence-electron chi connectivity index (χ4n) is 3.55. The highest BCUT2D eigenvalue weighted by Gasteiger charge is 2.33. The second-order valence-corrected chi connectivity index (χ2v) is 8.47. The van der Waals surface area contributed by atoms with Crippen LogP contribution in [-0.2, 0) is 14.9 Å². The van der Waals surface area contributed by atoms with E-state index < -0.39 is 16.2 Å². The average molecular weight is 382 g/mol. The van der Waals surface area contributed by atoms with Crippen molar-refractivity contribution in [2.75, 3.05) is 36.8 Å². The smallest absolute Gasteiger partial charge is 0.265 e. The van der Waals surface area contributed by atoms with Crippen molar-refractivity contribution >= 4 is 21.7 Å². The van der Waals surface area contributed by atoms with Crippen LogP contribution >= 0.6 is 0 Å². The molecule has 2 aliphatic heterocycles. The van der Waals surface area contributed by atoms with Gasteiger partial charge in [0.2, 0.25) is 0 Å². The van der Waals surface area contributed by atoms with Gasteiger partial charge in [0, 0.05) is 19.6 Å². The number of hydrogen-bond acceptors (Lipinski definition) is 5. The van der Waals surface area contributed by atoms with Crippen molar-refractivity contribution in [2.24, 2.45) is 0 Å². The zero-order valence-corrected chi connectivity index (χ0v) is 15.7. The molecule has 0 saturated carbocycles. The normalized spacial score (nSPS) is 20.4. The van der Waals surface area contributed by atoms with Gasteiger partial charge in [-0.15, -0.1) is 0 Å². The average Bonchev–Trinajstić information content (AvgIpc) is 2.64. The molecule has 0 aromatic heterocycles. The first-order chi connectivity index (χ1) is 12.4. The number of fused-ring (bicyclic) bond motifs is 1. The molecule has 144 valence electrons. The molecule has 1 N–H and O–H groups in total. The third-order valence-corrected chi connectivity index (χ3v) is 5.69. The van der Waals surface area contributed by atoms with Gasteiger partial charge >= 0.3 is 0 Å². The molecule has 1 aromatic carbocycles. The van der Waals surface area contributed by atoms with E-state index in [9.17, 15) is 13.2 Å². The van der Waals surface area contributed by atoms with Crippen LogP contribution in [0.2, 0.25) is 0 Å². The van der Waals surface area contributed by atoms with Crippen molar-refractivity contribution in [1.82, 2.24) is 4.90 Å². The quantitative estimate of drug-likeness (QED) is 0.598. The summed E-state index contributed by atoms with van der Waals surface area (Å²) in [5, 5.41) is 0. The van der Waals surface area contributed by atoms with Gasteiger partial charge in [-0.2, -0.15) is 8.42 Å². The van der Waals surface area contributed by atoms with E-state index in [1.807, 2.05) is 29.2 Å². The summed E-state index contributed by atoms with van der Waals surface area (Å²) >= 11 is 0. The molecule has 1 amide bonds. The number of likely N-dealkylation sites (tertiary alicyclic amines) is 1. The van der Waals surface area contributed by atoms with Gasteiger partial charge < -0.3 is 14.5 Å². The summed E-state index contributed by atoms with van der Waals surface area (Å²) in [5.74, 6) is 0.473. The van der Waals surface area contributed by atoms with E-state index in [2.05, 4.69) is 4.90 Å². The predicted molar refractivity (Wildman–Crippen MR) is 99.2 cm³/mol. The summed E-state index contributed by atoms with van der Waals surface area (Å²) in [4.78, 5) is 16.8. The number of unbranched alkanes of at least 4 members (excludes halogenated alkanes) is 1. The fourth-order valence-corrected chi connectivity index (χ4v) is 4.12. The Morgan fingerprint density at radius 1 is 1.15 bits per heavy atom. The lowest BCUT2D eigenvalue weighted by molar-refractivity contribution is -0.139. The van der Waals surface area contributed by atoms with E-state index in [1.165, 1.54) is 0 Å². The summed E-state index contributed by atoms with van der Waals surface area (Å²) < 4.78 is 36.6. The maximum atomic E-state index is 12.8. The summed E-state index contributed by atoms with van der Waals surface area (Å²) in [7, 11) is -3.93. The molecule has 1 fully saturated rings. The molecule has 1 saturated heterocycles. The van der Waals surface area contributed by atoms with Gasteiger partial charge in [-0.05, 0) is 44.2 Å². The molecule has 0 spiro atoms. The first kappa shape index (κ1) is 19.0. The third kappa shape index (κ3) is 4.88. The van der Waals surface area contributed by atoms with E-state index in [0.717, 1.165) is 38.0 Å². The summed E-state index contributed by atoms with van der Waals surface area (Å²) in [6.07, 6.45) is 3.69. The molecular formula is C18H26N2O5S. The Balaban J connectivity index is 1.66. The standard InChI is InChI=1S/C18H26N2O5S/c21-18(19-10-4-1-5-11-19)17-14-20(12-6-7-13-26(22,23)24)15-8-2-3-9-16(15)25-17/h2-3,8-9,17H,1,4-7,10-14H2,(H,22,23,24)/t17-/m1/s1. The Bertz CT molecular complexity index is 731. The minimum Gasteiger partial charge on any atom is -0.477 e. The number of carbonyl (C=O) groups excluding carboxylic acids is 1. The Hall–Kier alpha value is -1.80. The van der Waals surface area contributed by atoms with Crippen LogP contribution in [0, 0.1) is 0 Å². The SMILES string of the molecule is O=C([C@H]1CN(CCCCS(=O)(=O)O)c2ccccc2O1)N1CCCCC1. The lowest BCUT2D eigenvalue weighted by Crippen LogP contribution is -2.51. The monoisotopic (exact) mass is 382 g/mol. The van der Waals surface area contributed by atoms with E-state index >= 15 is 0 Å². The lowest BCUT2D eigenvalue weighted by atomic mass is 10.1. The van der Waals surface area contributed by atoms with Gasteiger partial charge in [0.05, 0.1) is 18.0 Å². The number of hydrogen-bond donors (Lipinski definition) is 1. The van der Waals surface area contributed by atoms with Gasteiger partial charge in [-0.1, -0.05) is 12.1 Å². The summed E-state index contributed by atoms with van der Waals surface area (Å²) in [5.41, 5.74) is 0.919. The third-order valence-electron chi connectivity index (χ3n) is 4.88. The van der Waals surface area contributed by atoms with Crippen molar-refractivity contribution in [3.05, 3.63) is 24.3 Å². The molecule has 3 rings (SSSR count). The van der Waals surface area contributed by atoms with Crippen molar-refractivity contribution in [2.45, 2.75) is 38.2 Å². The Morgan fingerprint density at radius 3 is 2.62 bits per heavy atom. The van der Waals surface area contributed by atoms with E-state index in [1.54, 1.807) is 0 Å². The molecule has 2 heterocycles. The van der Waals surface area contributed by atoms with E-state index in [-0.39, 0.29) is 11.7 Å². The fraction of sp³-hybridized carbons (Fsp3) is 0.611. The molecular weight excluding hydrogens is 356 g/mol. The minimum atomic E-state index is -3.93. The Labute approximate surface area is 154 Å². The van der Waals surface area contributed by atoms with Crippen LogP contribution in [0.4, 0.5) is 5.69 Å². The number of benzene rings is 1. The second kappa shape index (κ2) is 8.26. The van der Waals surface area contributed by atoms with Gasteiger partial charge in [0.1, 0.15) is 5.75 Å². The van der Waals surface area contributed by atoms with Crippen molar-refractivity contribution in [1.29, 1.82) is 0 Å². The number of amides is 1. The Kier molecular flexibility index (Phi) is 6.03. The molecule has 1 atom stereocenters. The molecule has 0 radical (unpaired) electrons. The highest BCUT2D eigenvalue weighted by molar-refractivity contribution is 7.85. The largest absolute Gasteiger partial charge is 0.477 e. The second-order valence-electron chi connectivity index (χ2n) is 6.90. The number of piperidine rings is 1. The number of rotatable bonds is 6. The maximum Gasteiger partial charge on any atom is 0.265 e. The number of nitrogens with zero attached hydrogens (tertiary/aromatic N) is 2. The van der Waals surface area contributed by atoms with Crippen LogP contribution in [0.3, 0.4) is 0 Å². The molecule has 0 aliphatic carbocycles. The number of ether oxygens (including phenoxy) is 1. The predicted octanol–water partition coefficient (Wildman–Crippen LogP) is 1.93. The molecule has 7 nitrogen and oxygen atoms in total. The van der Waals surface area contributed by atoms with Crippen LogP contribution in [-0.4, -0.2) is 61.8 Å². The van der Waals surface area contributed by atoms with E-state index in [0.29, 0.717) is 31.7 Å². The number of anilines is 1. The van der Waals surface area contributed by atoms with Crippen molar-refractivity contribution in [3.63, 3.8) is 0 Å². The molecule has 1 aromatic rings. The first-order valence-corrected chi connectivity index (χ1v) is 10.8. The molecule has 0 bridgehead atoms. The number of para-hydroxylation sites is 2. The zero-order valence-electron chi connectivity index (χ0n) is 14.8. The van der Waals surface area contributed by atoms with E-state index in [4.69, 9.17) is 9.29 Å². The maximum absolute atomic E-state index is 12.8. The van der Waals surface area contributed by atoms with Gasteiger partial charge in [0.25, 0.3) is 16.0 Å². The summed E-state index contributed by atoms with van der Waals surface area (Å²) in [6.45, 7) is 2.64. The van der Waals surface area contributed by atoms with Crippen LogP contribution < -0.4 is 9.64 Å². The van der Waals surface area contributed by atoms with Crippen molar-refractivity contribution in [3.8, 4) is 5.75 Å². The van der Waals surface area contributed by atoms with Crippen LogP contribution in [0.1, 0.15) is 32.1 Å². The van der Waals surface area contributed by atoms with Crippen LogP contribution in [0.5, 0.6) is 5.75 Å². The summed E-state index contributed by atoms with van der Waals surface area (Å²) in [6, 6.07) is 7.60. The highest BCUT2D eigenvalue weighted by atomic mass is 32.2. The van der Waals surface area contributed by atoms with Gasteiger partial charge in [0.15, 0.2) is 6.10 Å². The Morgan fingerprint density at radius 2 is 1.88 bits per heavy atom. The van der Waals surface area contributed by atoms with Gasteiger partial charge in [-0.3, -0.25) is 9.35 Å². The topological polar surface area (TPSA) is 87.2 Å². The molecule has 8 heteroatoms. The zero-order chi connectivity index (χ0) is 18.6. The first-order valence-electron chi connectivity index (χ1n) is 9.18. The molecule has 0 unspecified atom stereocenters. The minimum absolute atomic E-state index is 0.0298. The lowest BCUT2D eigenvalue weighted by Gasteiger charge is -2.38. The van der Waals surface area contributed by atoms with Crippen LogP contribution in [0.15, 0.2) is 24.3 Å².